The average Bonchev–Trinajstić information content (AvgIpc) is 3.00. The fourth-order valence-corrected chi connectivity index (χ4v) is 4.40. The zero-order chi connectivity index (χ0) is 19.7. The number of thiazole rings is 1. The summed E-state index contributed by atoms with van der Waals surface area (Å²) in [5, 5.41) is 1.53. The number of fused-ring (bicyclic) bond motifs is 1. The molecule has 0 radical (unpaired) electrons. The van der Waals surface area contributed by atoms with Gasteiger partial charge in [-0.3, -0.25) is 9.69 Å². The number of hydrogen-bond acceptors (Lipinski definition) is 4. The molecule has 0 aliphatic carbocycles. The van der Waals surface area contributed by atoms with Crippen LogP contribution in [0.1, 0.15) is 21.5 Å². The summed E-state index contributed by atoms with van der Waals surface area (Å²) in [4.78, 5) is 21.8. The molecule has 3 aromatic rings. The van der Waals surface area contributed by atoms with Gasteiger partial charge in [-0.15, -0.1) is 0 Å². The molecule has 27 heavy (non-hydrogen) atoms. The van der Waals surface area contributed by atoms with Gasteiger partial charge in [0.2, 0.25) is 0 Å². The van der Waals surface area contributed by atoms with Gasteiger partial charge in [-0.25, -0.2) is 4.98 Å². The van der Waals surface area contributed by atoms with E-state index in [-0.39, 0.29) is 5.91 Å². The fourth-order valence-electron chi connectivity index (χ4n) is 2.87. The molecule has 0 unspecified atom stereocenters. The molecule has 3 rings (SSSR count). The van der Waals surface area contributed by atoms with Crippen LogP contribution in [0.15, 0.2) is 30.3 Å². The molecule has 0 bridgehead atoms. The van der Waals surface area contributed by atoms with E-state index in [9.17, 15) is 4.79 Å². The number of carbonyl (C=O) groups is 1. The minimum absolute atomic E-state index is 0.196. The highest BCUT2D eigenvalue weighted by Crippen LogP contribution is 2.33. The lowest BCUT2D eigenvalue weighted by atomic mass is 10.1. The van der Waals surface area contributed by atoms with E-state index in [1.807, 2.05) is 25.9 Å². The first-order valence-electron chi connectivity index (χ1n) is 8.55. The summed E-state index contributed by atoms with van der Waals surface area (Å²) < 4.78 is 1.07. The summed E-state index contributed by atoms with van der Waals surface area (Å²) in [6.07, 6.45) is 0. The smallest absolute Gasteiger partial charge is 0.261 e. The minimum atomic E-state index is -0.196. The lowest BCUT2D eigenvalue weighted by Gasteiger charge is -2.22. The molecule has 0 saturated carbocycles. The van der Waals surface area contributed by atoms with E-state index in [0.29, 0.717) is 33.8 Å². The molecule has 0 fully saturated rings. The van der Waals surface area contributed by atoms with E-state index in [0.717, 1.165) is 15.8 Å². The molecule has 0 spiro atoms. The Morgan fingerprint density at radius 3 is 2.56 bits per heavy atom. The van der Waals surface area contributed by atoms with Crippen LogP contribution in [0.2, 0.25) is 10.0 Å². The van der Waals surface area contributed by atoms with Crippen molar-refractivity contribution >= 4 is 55.8 Å². The zero-order valence-corrected chi connectivity index (χ0v) is 18.0. The van der Waals surface area contributed by atoms with E-state index in [1.54, 1.807) is 23.1 Å². The topological polar surface area (TPSA) is 36.4 Å². The van der Waals surface area contributed by atoms with Crippen LogP contribution in [0, 0.1) is 13.8 Å². The standard InChI is InChI=1S/C20H21Cl2N3OS/c1-12-9-13(2)18-17(10-12)27-20(23-18)25(8-7-24(3)4)19(26)15-11-14(21)5-6-16(15)22/h5-6,9-11H,7-8H2,1-4H3. The third-order valence-corrected chi connectivity index (χ3v) is 5.81. The number of carbonyl (C=O) groups excluding carboxylic acids is 1. The predicted molar refractivity (Wildman–Crippen MR) is 116 cm³/mol. The maximum absolute atomic E-state index is 13.3. The van der Waals surface area contributed by atoms with Crippen LogP contribution < -0.4 is 4.90 Å². The second-order valence-corrected chi connectivity index (χ2v) is 8.66. The summed E-state index contributed by atoms with van der Waals surface area (Å²) in [7, 11) is 3.95. The number of likely N-dealkylation sites (N-methyl/N-ethyl adjacent to an activating group) is 1. The van der Waals surface area contributed by atoms with Crippen molar-refractivity contribution in [3.63, 3.8) is 0 Å². The minimum Gasteiger partial charge on any atom is -0.308 e. The Bertz CT molecular complexity index is 1000. The number of hydrogen-bond donors (Lipinski definition) is 0. The largest absolute Gasteiger partial charge is 0.308 e. The molecular weight excluding hydrogens is 401 g/mol. The van der Waals surface area contributed by atoms with Crippen LogP contribution in [0.4, 0.5) is 5.13 Å². The third kappa shape index (κ3) is 4.43. The normalized spacial score (nSPS) is 11.4. The molecule has 1 aromatic heterocycles. The molecule has 0 aliphatic rings. The highest BCUT2D eigenvalue weighted by Gasteiger charge is 2.24. The zero-order valence-electron chi connectivity index (χ0n) is 15.7. The van der Waals surface area contributed by atoms with E-state index in [4.69, 9.17) is 28.2 Å². The molecule has 4 nitrogen and oxygen atoms in total. The molecule has 0 atom stereocenters. The Balaban J connectivity index is 2.07. The first-order valence-corrected chi connectivity index (χ1v) is 10.1. The van der Waals surface area contributed by atoms with Crippen LogP contribution >= 0.6 is 34.5 Å². The Labute approximate surface area is 173 Å². The average molecular weight is 422 g/mol. The quantitative estimate of drug-likeness (QED) is 0.550. The first kappa shape index (κ1) is 20.1. The maximum atomic E-state index is 13.3. The van der Waals surface area contributed by atoms with Gasteiger partial charge in [0.1, 0.15) is 0 Å². The SMILES string of the molecule is Cc1cc(C)c2nc(N(CCN(C)C)C(=O)c3cc(Cl)ccc3Cl)sc2c1. The molecule has 1 heterocycles. The monoisotopic (exact) mass is 421 g/mol. The number of amides is 1. The molecule has 0 aliphatic heterocycles. The number of nitrogens with zero attached hydrogens (tertiary/aromatic N) is 3. The van der Waals surface area contributed by atoms with Crippen LogP contribution in [-0.4, -0.2) is 43.0 Å². The molecule has 142 valence electrons. The molecule has 0 saturated heterocycles. The van der Waals surface area contributed by atoms with Gasteiger partial charge in [0.15, 0.2) is 5.13 Å². The second kappa shape index (κ2) is 8.15. The first-order chi connectivity index (χ1) is 12.8. The lowest BCUT2D eigenvalue weighted by Crippen LogP contribution is -2.36. The van der Waals surface area contributed by atoms with Crippen molar-refractivity contribution in [1.82, 2.24) is 9.88 Å². The Morgan fingerprint density at radius 1 is 1.11 bits per heavy atom. The van der Waals surface area contributed by atoms with Gasteiger partial charge >= 0.3 is 0 Å². The summed E-state index contributed by atoms with van der Waals surface area (Å²) in [6, 6.07) is 9.13. The molecule has 2 aromatic carbocycles. The van der Waals surface area contributed by atoms with Crippen molar-refractivity contribution in [2.45, 2.75) is 13.8 Å². The van der Waals surface area contributed by atoms with E-state index < -0.39 is 0 Å². The van der Waals surface area contributed by atoms with Crippen molar-refractivity contribution in [2.75, 3.05) is 32.1 Å². The molecule has 1 amide bonds. The summed E-state index contributed by atoms with van der Waals surface area (Å²) in [5.74, 6) is -0.196. The van der Waals surface area contributed by atoms with E-state index in [2.05, 4.69) is 19.1 Å². The van der Waals surface area contributed by atoms with Crippen LogP contribution in [0.3, 0.4) is 0 Å². The lowest BCUT2D eigenvalue weighted by molar-refractivity contribution is 0.0985. The van der Waals surface area contributed by atoms with Crippen molar-refractivity contribution in [1.29, 1.82) is 0 Å². The van der Waals surface area contributed by atoms with Gasteiger partial charge in [0.05, 0.1) is 20.8 Å². The number of rotatable bonds is 5. The van der Waals surface area contributed by atoms with E-state index in [1.165, 1.54) is 16.9 Å². The van der Waals surface area contributed by atoms with Crippen LogP contribution in [-0.2, 0) is 0 Å². The Morgan fingerprint density at radius 2 is 1.85 bits per heavy atom. The van der Waals surface area contributed by atoms with Gasteiger partial charge in [0, 0.05) is 18.1 Å². The fraction of sp³-hybridized carbons (Fsp3) is 0.300. The Kier molecular flexibility index (Phi) is 6.06. The number of halogens is 2. The van der Waals surface area contributed by atoms with Crippen molar-refractivity contribution in [3.05, 3.63) is 57.1 Å². The highest BCUT2D eigenvalue weighted by molar-refractivity contribution is 7.22. The molecule has 7 heteroatoms. The van der Waals surface area contributed by atoms with Gasteiger partial charge < -0.3 is 4.90 Å². The number of aryl methyl sites for hydroxylation is 2. The van der Waals surface area contributed by atoms with Gasteiger partial charge in [-0.2, -0.15) is 0 Å². The number of aromatic nitrogens is 1. The Hall–Kier alpha value is -1.66. The van der Waals surface area contributed by atoms with Gasteiger partial charge in [-0.05, 0) is 63.3 Å². The highest BCUT2D eigenvalue weighted by atomic mass is 35.5. The summed E-state index contributed by atoms with van der Waals surface area (Å²) in [5.41, 5.74) is 3.60. The third-order valence-electron chi connectivity index (χ3n) is 4.22. The van der Waals surface area contributed by atoms with Crippen molar-refractivity contribution < 1.29 is 4.79 Å². The van der Waals surface area contributed by atoms with Crippen LogP contribution in [0.25, 0.3) is 10.2 Å². The number of benzene rings is 2. The summed E-state index contributed by atoms with van der Waals surface area (Å²) in [6.45, 7) is 5.32. The predicted octanol–water partition coefficient (Wildman–Crippen LogP) is 5.43. The van der Waals surface area contributed by atoms with Gasteiger partial charge in [-0.1, -0.05) is 40.6 Å². The molecular formula is C20H21Cl2N3OS. The summed E-state index contributed by atoms with van der Waals surface area (Å²) >= 11 is 13.9. The molecule has 0 N–H and O–H groups in total. The van der Waals surface area contributed by atoms with E-state index >= 15 is 0 Å². The van der Waals surface area contributed by atoms with Crippen molar-refractivity contribution in [2.24, 2.45) is 0 Å². The van der Waals surface area contributed by atoms with Gasteiger partial charge in [0.25, 0.3) is 5.91 Å². The van der Waals surface area contributed by atoms with Crippen LogP contribution in [0.5, 0.6) is 0 Å². The number of anilines is 1. The van der Waals surface area contributed by atoms with Crippen molar-refractivity contribution in [3.8, 4) is 0 Å². The second-order valence-electron chi connectivity index (χ2n) is 6.81. The maximum Gasteiger partial charge on any atom is 0.261 e.